The van der Waals surface area contributed by atoms with Crippen molar-refractivity contribution >= 4 is 5.97 Å². The number of phenols is 1. The first-order valence-corrected chi connectivity index (χ1v) is 7.92. The number of esters is 1. The Hall–Kier alpha value is -2.69. The molecular formula is C19H22O5. The van der Waals surface area contributed by atoms with Gasteiger partial charge in [-0.3, -0.25) is 0 Å². The topological polar surface area (TPSA) is 65.0 Å². The van der Waals surface area contributed by atoms with Gasteiger partial charge in [-0.25, -0.2) is 4.79 Å². The molecule has 0 saturated carbocycles. The first-order chi connectivity index (χ1) is 11.7. The lowest BCUT2D eigenvalue weighted by Gasteiger charge is -2.08. The second-order valence-corrected chi connectivity index (χ2v) is 5.27. The van der Waals surface area contributed by atoms with Crippen LogP contribution in [0.4, 0.5) is 0 Å². The van der Waals surface area contributed by atoms with E-state index >= 15 is 0 Å². The van der Waals surface area contributed by atoms with Crippen molar-refractivity contribution in [3.05, 3.63) is 54.1 Å². The fraction of sp³-hybridized carbons (Fsp3) is 0.316. The molecule has 0 fully saturated rings. The molecule has 5 heteroatoms. The van der Waals surface area contributed by atoms with Crippen LogP contribution < -0.4 is 9.47 Å². The van der Waals surface area contributed by atoms with E-state index < -0.39 is 0 Å². The second kappa shape index (κ2) is 9.45. The van der Waals surface area contributed by atoms with Gasteiger partial charge in [-0.05, 0) is 67.8 Å². The Morgan fingerprint density at radius 1 is 0.833 bits per heavy atom. The van der Waals surface area contributed by atoms with Gasteiger partial charge in [-0.15, -0.1) is 0 Å². The Morgan fingerprint density at radius 3 is 1.83 bits per heavy atom. The highest BCUT2D eigenvalue weighted by molar-refractivity contribution is 5.89. The summed E-state index contributed by atoms with van der Waals surface area (Å²) in [7, 11) is 1.36. The van der Waals surface area contributed by atoms with Gasteiger partial charge < -0.3 is 19.3 Å². The van der Waals surface area contributed by atoms with Crippen LogP contribution >= 0.6 is 0 Å². The van der Waals surface area contributed by atoms with Crippen molar-refractivity contribution in [2.45, 2.75) is 19.3 Å². The molecule has 2 aromatic carbocycles. The number of carbonyl (C=O) groups excluding carboxylic acids is 1. The smallest absolute Gasteiger partial charge is 0.337 e. The third-order valence-electron chi connectivity index (χ3n) is 3.44. The SMILES string of the molecule is COC(=O)c1ccc(OCCCCCOc2ccc(O)cc2)cc1. The maximum absolute atomic E-state index is 11.3. The Bertz CT molecular complexity index is 619. The Balaban J connectivity index is 1.56. The van der Waals surface area contributed by atoms with E-state index in [1.54, 1.807) is 48.5 Å². The highest BCUT2D eigenvalue weighted by Gasteiger charge is 2.04. The van der Waals surface area contributed by atoms with E-state index in [4.69, 9.17) is 9.47 Å². The molecule has 1 N–H and O–H groups in total. The molecule has 2 aromatic rings. The van der Waals surface area contributed by atoms with Gasteiger partial charge in [0, 0.05) is 0 Å². The van der Waals surface area contributed by atoms with Crippen LogP contribution in [0.5, 0.6) is 17.2 Å². The van der Waals surface area contributed by atoms with Crippen molar-refractivity contribution in [1.29, 1.82) is 0 Å². The maximum Gasteiger partial charge on any atom is 0.337 e. The van der Waals surface area contributed by atoms with Crippen molar-refractivity contribution in [1.82, 2.24) is 0 Å². The zero-order valence-corrected chi connectivity index (χ0v) is 13.7. The molecule has 0 aromatic heterocycles. The van der Waals surface area contributed by atoms with Crippen LogP contribution in [0.2, 0.25) is 0 Å². The number of benzene rings is 2. The first kappa shape index (κ1) is 17.7. The van der Waals surface area contributed by atoms with Crippen LogP contribution in [0, 0.1) is 0 Å². The number of methoxy groups -OCH3 is 1. The van der Waals surface area contributed by atoms with E-state index in [0.29, 0.717) is 18.8 Å². The largest absolute Gasteiger partial charge is 0.508 e. The van der Waals surface area contributed by atoms with Crippen LogP contribution in [0.1, 0.15) is 29.6 Å². The molecule has 0 aliphatic heterocycles. The van der Waals surface area contributed by atoms with Gasteiger partial charge in [0.15, 0.2) is 0 Å². The molecule has 0 radical (unpaired) electrons. The normalized spacial score (nSPS) is 10.2. The average Bonchev–Trinajstić information content (AvgIpc) is 2.62. The van der Waals surface area contributed by atoms with Crippen molar-refractivity contribution in [3.8, 4) is 17.2 Å². The van der Waals surface area contributed by atoms with E-state index in [1.165, 1.54) is 7.11 Å². The molecule has 0 spiro atoms. The summed E-state index contributed by atoms with van der Waals surface area (Å²) >= 11 is 0. The van der Waals surface area contributed by atoms with Gasteiger partial charge in [-0.2, -0.15) is 0 Å². The molecule has 0 aliphatic rings. The molecule has 5 nitrogen and oxygen atoms in total. The molecule has 0 atom stereocenters. The van der Waals surface area contributed by atoms with Crippen molar-refractivity contribution in [2.75, 3.05) is 20.3 Å². The molecule has 24 heavy (non-hydrogen) atoms. The molecule has 0 aliphatic carbocycles. The molecule has 0 bridgehead atoms. The van der Waals surface area contributed by atoms with Crippen molar-refractivity contribution < 1.29 is 24.1 Å². The number of aromatic hydroxyl groups is 1. The zero-order valence-electron chi connectivity index (χ0n) is 13.7. The van der Waals surface area contributed by atoms with Gasteiger partial charge >= 0.3 is 5.97 Å². The van der Waals surface area contributed by atoms with Gasteiger partial charge in [0.05, 0.1) is 25.9 Å². The van der Waals surface area contributed by atoms with Crippen LogP contribution in [-0.4, -0.2) is 31.4 Å². The van der Waals surface area contributed by atoms with Crippen LogP contribution in [0.15, 0.2) is 48.5 Å². The Morgan fingerprint density at radius 2 is 1.33 bits per heavy atom. The van der Waals surface area contributed by atoms with Crippen molar-refractivity contribution in [2.24, 2.45) is 0 Å². The quantitative estimate of drug-likeness (QED) is 0.559. The summed E-state index contributed by atoms with van der Waals surface area (Å²) in [6.07, 6.45) is 2.86. The molecule has 2 rings (SSSR count). The summed E-state index contributed by atoms with van der Waals surface area (Å²) in [6.45, 7) is 1.26. The summed E-state index contributed by atoms with van der Waals surface area (Å²) in [4.78, 5) is 11.3. The highest BCUT2D eigenvalue weighted by atomic mass is 16.5. The predicted molar refractivity (Wildman–Crippen MR) is 90.7 cm³/mol. The number of ether oxygens (including phenoxy) is 3. The monoisotopic (exact) mass is 330 g/mol. The van der Waals surface area contributed by atoms with Crippen LogP contribution in [0.3, 0.4) is 0 Å². The summed E-state index contributed by atoms with van der Waals surface area (Å²) in [5, 5.41) is 9.18. The number of hydrogen-bond donors (Lipinski definition) is 1. The van der Waals surface area contributed by atoms with E-state index in [9.17, 15) is 9.90 Å². The summed E-state index contributed by atoms with van der Waals surface area (Å²) in [6, 6.07) is 13.6. The zero-order chi connectivity index (χ0) is 17.2. The number of rotatable bonds is 9. The summed E-state index contributed by atoms with van der Waals surface area (Å²) < 4.78 is 15.9. The van der Waals surface area contributed by atoms with Crippen LogP contribution in [0.25, 0.3) is 0 Å². The van der Waals surface area contributed by atoms with E-state index in [1.807, 2.05) is 0 Å². The molecule has 0 saturated heterocycles. The molecule has 128 valence electrons. The van der Waals surface area contributed by atoms with Gasteiger partial charge in [0.1, 0.15) is 17.2 Å². The standard InChI is InChI=1S/C19H22O5/c1-22-19(21)15-5-9-17(10-6-15)23-13-3-2-4-14-24-18-11-7-16(20)8-12-18/h5-12,20H,2-4,13-14H2,1H3. The van der Waals surface area contributed by atoms with Crippen LogP contribution in [-0.2, 0) is 4.74 Å². The minimum absolute atomic E-state index is 0.235. The van der Waals surface area contributed by atoms with Gasteiger partial charge in [0.2, 0.25) is 0 Å². The van der Waals surface area contributed by atoms with Gasteiger partial charge in [0.25, 0.3) is 0 Å². The number of hydrogen-bond acceptors (Lipinski definition) is 5. The third kappa shape index (κ3) is 5.83. The Labute approximate surface area is 141 Å². The van der Waals surface area contributed by atoms with E-state index in [-0.39, 0.29) is 11.7 Å². The number of phenolic OH excluding ortho intramolecular Hbond substituents is 1. The molecule has 0 amide bonds. The van der Waals surface area contributed by atoms with E-state index in [2.05, 4.69) is 4.74 Å². The fourth-order valence-electron chi connectivity index (χ4n) is 2.11. The predicted octanol–water partition coefficient (Wildman–Crippen LogP) is 3.81. The molecular weight excluding hydrogens is 308 g/mol. The van der Waals surface area contributed by atoms with Gasteiger partial charge in [-0.1, -0.05) is 0 Å². The number of carbonyl (C=O) groups is 1. The fourth-order valence-corrected chi connectivity index (χ4v) is 2.11. The maximum atomic E-state index is 11.3. The lowest BCUT2D eigenvalue weighted by molar-refractivity contribution is 0.0600. The summed E-state index contributed by atoms with van der Waals surface area (Å²) in [5.41, 5.74) is 0.510. The lowest BCUT2D eigenvalue weighted by atomic mass is 10.2. The lowest BCUT2D eigenvalue weighted by Crippen LogP contribution is -2.02. The summed E-state index contributed by atoms with van der Waals surface area (Å²) in [5.74, 6) is 1.38. The first-order valence-electron chi connectivity index (χ1n) is 7.92. The minimum atomic E-state index is -0.352. The van der Waals surface area contributed by atoms with Crippen molar-refractivity contribution in [3.63, 3.8) is 0 Å². The minimum Gasteiger partial charge on any atom is -0.508 e. The third-order valence-corrected chi connectivity index (χ3v) is 3.44. The number of unbranched alkanes of at least 4 members (excludes halogenated alkanes) is 2. The second-order valence-electron chi connectivity index (χ2n) is 5.27. The highest BCUT2D eigenvalue weighted by Crippen LogP contribution is 2.16. The average molecular weight is 330 g/mol. The Kier molecular flexibility index (Phi) is 6.95. The molecule has 0 unspecified atom stereocenters. The molecule has 0 heterocycles. The van der Waals surface area contributed by atoms with E-state index in [0.717, 1.165) is 30.8 Å².